The number of guanidine groups is 1. The number of hydrogen-bond acceptors (Lipinski definition) is 2. The van der Waals surface area contributed by atoms with Crippen molar-refractivity contribution in [1.29, 1.82) is 0 Å². The molecule has 2 aromatic rings. The van der Waals surface area contributed by atoms with Gasteiger partial charge in [0, 0.05) is 45.0 Å². The van der Waals surface area contributed by atoms with Crippen LogP contribution in [0.2, 0.25) is 0 Å². The van der Waals surface area contributed by atoms with E-state index in [-0.39, 0.29) is 0 Å². The molecule has 0 aliphatic carbocycles. The molecule has 1 unspecified atom stereocenters. The van der Waals surface area contributed by atoms with E-state index in [1.807, 2.05) is 18.5 Å². The molecule has 2 N–H and O–H groups in total. The molecule has 0 spiro atoms. The quantitative estimate of drug-likeness (QED) is 0.610. The Hall–Kier alpha value is -2.30. The summed E-state index contributed by atoms with van der Waals surface area (Å²) in [5.41, 5.74) is 1.29. The van der Waals surface area contributed by atoms with Crippen LogP contribution in [0.4, 0.5) is 0 Å². The second kappa shape index (κ2) is 8.98. The maximum Gasteiger partial charge on any atom is 0.191 e. The smallest absolute Gasteiger partial charge is 0.191 e. The second-order valence-corrected chi connectivity index (χ2v) is 5.66. The summed E-state index contributed by atoms with van der Waals surface area (Å²) in [5, 5.41) is 6.71. The van der Waals surface area contributed by atoms with Gasteiger partial charge in [0.05, 0.1) is 0 Å². The zero-order valence-electron chi connectivity index (χ0n) is 14.3. The fourth-order valence-electron chi connectivity index (χ4n) is 2.32. The average Bonchev–Trinajstić information content (AvgIpc) is 3.01. The van der Waals surface area contributed by atoms with Crippen LogP contribution in [0, 0.1) is 0 Å². The van der Waals surface area contributed by atoms with E-state index in [1.165, 1.54) is 5.56 Å². The molecule has 124 valence electrons. The standard InChI is InChI=1S/C18H27N5/c1-4-15(2)22-18(19-3)21-11-10-17-20-12-13-23(17)14-16-8-6-5-7-9-16/h5-9,12-13,15H,4,10-11,14H2,1-3H3,(H2,19,21,22). The van der Waals surface area contributed by atoms with Crippen molar-refractivity contribution in [2.45, 2.75) is 39.3 Å². The Kier molecular flexibility index (Phi) is 6.66. The summed E-state index contributed by atoms with van der Waals surface area (Å²) in [6, 6.07) is 10.9. The van der Waals surface area contributed by atoms with Crippen molar-refractivity contribution in [3.8, 4) is 0 Å². The van der Waals surface area contributed by atoms with Crippen LogP contribution in [0.3, 0.4) is 0 Å². The summed E-state index contributed by atoms with van der Waals surface area (Å²) in [6.45, 7) is 5.97. The maximum atomic E-state index is 4.47. The molecule has 23 heavy (non-hydrogen) atoms. The zero-order valence-corrected chi connectivity index (χ0v) is 14.3. The van der Waals surface area contributed by atoms with E-state index >= 15 is 0 Å². The first-order chi connectivity index (χ1) is 11.2. The summed E-state index contributed by atoms with van der Waals surface area (Å²) in [4.78, 5) is 8.73. The molecule has 0 aliphatic rings. The first kappa shape index (κ1) is 17.1. The highest BCUT2D eigenvalue weighted by atomic mass is 15.2. The number of nitrogens with zero attached hydrogens (tertiary/aromatic N) is 3. The minimum atomic E-state index is 0.418. The van der Waals surface area contributed by atoms with E-state index in [4.69, 9.17) is 0 Å². The van der Waals surface area contributed by atoms with Crippen LogP contribution in [0.15, 0.2) is 47.7 Å². The lowest BCUT2D eigenvalue weighted by atomic mass is 10.2. The molecular weight excluding hydrogens is 286 g/mol. The fourth-order valence-corrected chi connectivity index (χ4v) is 2.32. The maximum absolute atomic E-state index is 4.47. The molecular formula is C18H27N5. The molecule has 0 saturated carbocycles. The van der Waals surface area contributed by atoms with Crippen LogP contribution in [0.25, 0.3) is 0 Å². The summed E-state index contributed by atoms with van der Waals surface area (Å²) in [7, 11) is 1.80. The normalized spacial score (nSPS) is 12.9. The molecule has 1 aromatic carbocycles. The van der Waals surface area contributed by atoms with Crippen molar-refractivity contribution in [1.82, 2.24) is 20.2 Å². The molecule has 1 aromatic heterocycles. The van der Waals surface area contributed by atoms with Crippen molar-refractivity contribution in [2.75, 3.05) is 13.6 Å². The third kappa shape index (κ3) is 5.43. The van der Waals surface area contributed by atoms with Crippen LogP contribution in [-0.2, 0) is 13.0 Å². The van der Waals surface area contributed by atoms with Crippen LogP contribution < -0.4 is 10.6 Å². The molecule has 2 rings (SSSR count). The predicted octanol–water partition coefficient (Wildman–Crippen LogP) is 2.44. The molecule has 5 nitrogen and oxygen atoms in total. The van der Waals surface area contributed by atoms with Crippen LogP contribution in [0.1, 0.15) is 31.7 Å². The Morgan fingerprint density at radius 1 is 1.30 bits per heavy atom. The van der Waals surface area contributed by atoms with E-state index in [2.05, 4.69) is 63.3 Å². The van der Waals surface area contributed by atoms with Crippen molar-refractivity contribution < 1.29 is 0 Å². The Morgan fingerprint density at radius 2 is 2.09 bits per heavy atom. The van der Waals surface area contributed by atoms with Gasteiger partial charge < -0.3 is 15.2 Å². The van der Waals surface area contributed by atoms with Crippen LogP contribution in [0.5, 0.6) is 0 Å². The number of hydrogen-bond donors (Lipinski definition) is 2. The number of rotatable bonds is 7. The largest absolute Gasteiger partial charge is 0.356 e. The van der Waals surface area contributed by atoms with Gasteiger partial charge in [-0.25, -0.2) is 4.98 Å². The zero-order chi connectivity index (χ0) is 16.5. The predicted molar refractivity (Wildman–Crippen MR) is 95.7 cm³/mol. The molecule has 0 radical (unpaired) electrons. The third-order valence-electron chi connectivity index (χ3n) is 3.86. The molecule has 5 heteroatoms. The highest BCUT2D eigenvalue weighted by Crippen LogP contribution is 2.05. The number of nitrogens with one attached hydrogen (secondary N) is 2. The first-order valence-electron chi connectivity index (χ1n) is 8.24. The van der Waals surface area contributed by atoms with Gasteiger partial charge in [-0.3, -0.25) is 4.99 Å². The van der Waals surface area contributed by atoms with Gasteiger partial charge in [0.1, 0.15) is 5.82 Å². The van der Waals surface area contributed by atoms with E-state index < -0.39 is 0 Å². The van der Waals surface area contributed by atoms with E-state index in [1.54, 1.807) is 7.05 Å². The van der Waals surface area contributed by atoms with Crippen molar-refractivity contribution in [3.63, 3.8) is 0 Å². The molecule has 0 bridgehead atoms. The van der Waals surface area contributed by atoms with Crippen LogP contribution >= 0.6 is 0 Å². The van der Waals surface area contributed by atoms with Gasteiger partial charge >= 0.3 is 0 Å². The lowest BCUT2D eigenvalue weighted by molar-refractivity contribution is 0.620. The van der Waals surface area contributed by atoms with Crippen molar-refractivity contribution in [3.05, 3.63) is 54.1 Å². The van der Waals surface area contributed by atoms with Gasteiger partial charge in [0.25, 0.3) is 0 Å². The molecule has 0 saturated heterocycles. The van der Waals surface area contributed by atoms with E-state index in [9.17, 15) is 0 Å². The first-order valence-corrected chi connectivity index (χ1v) is 8.24. The minimum Gasteiger partial charge on any atom is -0.356 e. The Bertz CT molecular complexity index is 603. The average molecular weight is 313 g/mol. The minimum absolute atomic E-state index is 0.418. The number of aliphatic imine (C=N–C) groups is 1. The topological polar surface area (TPSA) is 54.2 Å². The number of benzene rings is 1. The molecule has 0 fully saturated rings. The SMILES string of the molecule is CCC(C)NC(=NC)NCCc1nccn1Cc1ccccc1. The van der Waals surface area contributed by atoms with Crippen LogP contribution in [-0.4, -0.2) is 35.1 Å². The van der Waals surface area contributed by atoms with Gasteiger partial charge in [-0.15, -0.1) is 0 Å². The Labute approximate surface area is 138 Å². The molecule has 1 heterocycles. The number of aromatic nitrogens is 2. The van der Waals surface area contributed by atoms with Gasteiger partial charge in [-0.1, -0.05) is 37.3 Å². The number of imidazole rings is 1. The monoisotopic (exact) mass is 313 g/mol. The Balaban J connectivity index is 1.86. The van der Waals surface area contributed by atoms with Gasteiger partial charge in [-0.2, -0.15) is 0 Å². The van der Waals surface area contributed by atoms with Crippen molar-refractivity contribution >= 4 is 5.96 Å². The highest BCUT2D eigenvalue weighted by molar-refractivity contribution is 5.79. The second-order valence-electron chi connectivity index (χ2n) is 5.66. The van der Waals surface area contributed by atoms with Crippen molar-refractivity contribution in [2.24, 2.45) is 4.99 Å². The van der Waals surface area contributed by atoms with Gasteiger partial charge in [0.15, 0.2) is 5.96 Å². The summed E-state index contributed by atoms with van der Waals surface area (Å²) >= 11 is 0. The lowest BCUT2D eigenvalue weighted by Crippen LogP contribution is -2.42. The molecule has 0 aliphatic heterocycles. The Morgan fingerprint density at radius 3 is 2.78 bits per heavy atom. The molecule has 0 amide bonds. The molecule has 1 atom stereocenters. The van der Waals surface area contributed by atoms with Gasteiger partial charge in [0.2, 0.25) is 0 Å². The van der Waals surface area contributed by atoms with E-state index in [0.29, 0.717) is 6.04 Å². The summed E-state index contributed by atoms with van der Waals surface area (Å²) in [6.07, 6.45) is 5.84. The summed E-state index contributed by atoms with van der Waals surface area (Å²) < 4.78 is 2.20. The third-order valence-corrected chi connectivity index (χ3v) is 3.86. The highest BCUT2D eigenvalue weighted by Gasteiger charge is 2.06. The van der Waals surface area contributed by atoms with Gasteiger partial charge in [-0.05, 0) is 18.9 Å². The summed E-state index contributed by atoms with van der Waals surface area (Å²) in [5.74, 6) is 1.93. The van der Waals surface area contributed by atoms with E-state index in [0.717, 1.165) is 37.7 Å². The fraction of sp³-hybridized carbons (Fsp3) is 0.444. The lowest BCUT2D eigenvalue weighted by Gasteiger charge is -2.16.